The van der Waals surface area contributed by atoms with Crippen molar-refractivity contribution >= 4 is 21.5 Å². The van der Waals surface area contributed by atoms with Gasteiger partial charge >= 0.3 is 0 Å². The zero-order valence-corrected chi connectivity index (χ0v) is 17.7. The lowest BCUT2D eigenvalue weighted by atomic mass is 9.80. The van der Waals surface area contributed by atoms with Gasteiger partial charge in [-0.2, -0.15) is 0 Å². The van der Waals surface area contributed by atoms with Crippen molar-refractivity contribution in [3.05, 3.63) is 108 Å². The molecule has 0 heteroatoms. The summed E-state index contributed by atoms with van der Waals surface area (Å²) in [5.74, 6) is 0. The second kappa shape index (κ2) is 6.06. The molecule has 0 heterocycles. The van der Waals surface area contributed by atoms with E-state index in [2.05, 4.69) is 112 Å². The van der Waals surface area contributed by atoms with Crippen LogP contribution in [0.25, 0.3) is 43.8 Å². The Balaban J connectivity index is 1.83. The minimum absolute atomic E-state index is 0.00756. The molecule has 5 aromatic carbocycles. The van der Waals surface area contributed by atoms with Gasteiger partial charge in [-0.25, -0.2) is 0 Å². The van der Waals surface area contributed by atoms with Crippen molar-refractivity contribution in [2.45, 2.75) is 26.2 Å². The molecule has 0 fully saturated rings. The molecule has 30 heavy (non-hydrogen) atoms. The molecule has 144 valence electrons. The third kappa shape index (κ3) is 2.22. The third-order valence-electron chi connectivity index (χ3n) is 7.06. The average Bonchev–Trinajstić information content (AvgIpc) is 3.01. The molecule has 0 unspecified atom stereocenters. The smallest absolute Gasteiger partial charge is 0.0159 e. The van der Waals surface area contributed by atoms with Gasteiger partial charge in [0.2, 0.25) is 0 Å². The van der Waals surface area contributed by atoms with Gasteiger partial charge in [0.15, 0.2) is 0 Å². The van der Waals surface area contributed by atoms with E-state index >= 15 is 0 Å². The summed E-state index contributed by atoms with van der Waals surface area (Å²) in [5.41, 5.74) is 9.64. The van der Waals surface area contributed by atoms with Gasteiger partial charge in [-0.15, -0.1) is 0 Å². The topological polar surface area (TPSA) is 0 Å². The fourth-order valence-electron chi connectivity index (χ4n) is 5.50. The molecule has 0 saturated carbocycles. The highest BCUT2D eigenvalue weighted by Crippen LogP contribution is 2.51. The van der Waals surface area contributed by atoms with Gasteiger partial charge in [-0.3, -0.25) is 0 Å². The molecule has 0 radical (unpaired) electrons. The summed E-state index contributed by atoms with van der Waals surface area (Å²) in [7, 11) is 0. The molecular weight excluding hydrogens is 360 g/mol. The van der Waals surface area contributed by atoms with E-state index in [1.807, 2.05) is 0 Å². The molecule has 0 N–H and O–H groups in total. The first-order valence-corrected chi connectivity index (χ1v) is 10.7. The average molecular weight is 385 g/mol. The van der Waals surface area contributed by atoms with Crippen molar-refractivity contribution in [1.29, 1.82) is 0 Å². The largest absolute Gasteiger partial charge is 0.0622 e. The minimum atomic E-state index is 0.00756. The number of aryl methyl sites for hydroxylation is 1. The quantitative estimate of drug-likeness (QED) is 0.255. The second-order valence-electron chi connectivity index (χ2n) is 9.03. The molecule has 0 bridgehead atoms. The lowest BCUT2D eigenvalue weighted by Crippen LogP contribution is -2.14. The zero-order chi connectivity index (χ0) is 20.5. The summed E-state index contributed by atoms with van der Waals surface area (Å²) in [5, 5.41) is 5.40. The van der Waals surface area contributed by atoms with Gasteiger partial charge in [0.05, 0.1) is 0 Å². The third-order valence-corrected chi connectivity index (χ3v) is 7.06. The Morgan fingerprint density at radius 1 is 0.533 bits per heavy atom. The Bertz CT molecular complexity index is 1450. The highest BCUT2D eigenvalue weighted by atomic mass is 14.4. The van der Waals surface area contributed by atoms with Crippen LogP contribution in [0.4, 0.5) is 0 Å². The van der Waals surface area contributed by atoms with Gasteiger partial charge in [0, 0.05) is 5.41 Å². The Hall–Kier alpha value is -3.38. The minimum Gasteiger partial charge on any atom is -0.0622 e. The van der Waals surface area contributed by atoms with Crippen molar-refractivity contribution in [3.8, 4) is 22.3 Å². The first-order chi connectivity index (χ1) is 14.6. The van der Waals surface area contributed by atoms with E-state index in [0.29, 0.717) is 0 Å². The van der Waals surface area contributed by atoms with E-state index in [1.54, 1.807) is 0 Å². The molecule has 0 amide bonds. The number of fused-ring (bicyclic) bond motifs is 5. The summed E-state index contributed by atoms with van der Waals surface area (Å²) >= 11 is 0. The van der Waals surface area contributed by atoms with Gasteiger partial charge in [-0.05, 0) is 79.5 Å². The van der Waals surface area contributed by atoms with E-state index < -0.39 is 0 Å². The summed E-state index contributed by atoms with van der Waals surface area (Å²) in [4.78, 5) is 0. The van der Waals surface area contributed by atoms with Crippen molar-refractivity contribution in [3.63, 3.8) is 0 Å². The van der Waals surface area contributed by atoms with Crippen molar-refractivity contribution in [2.75, 3.05) is 0 Å². The van der Waals surface area contributed by atoms with E-state index in [1.165, 1.54) is 60.5 Å². The number of hydrogen-bond donors (Lipinski definition) is 0. The molecule has 0 nitrogen and oxygen atoms in total. The second-order valence-corrected chi connectivity index (χ2v) is 9.03. The normalized spacial score (nSPS) is 14.1. The maximum absolute atomic E-state index is 2.48. The molecule has 1 aliphatic rings. The van der Waals surface area contributed by atoms with Gasteiger partial charge < -0.3 is 0 Å². The van der Waals surface area contributed by atoms with Gasteiger partial charge in [0.1, 0.15) is 0 Å². The van der Waals surface area contributed by atoms with Crippen LogP contribution in [0.5, 0.6) is 0 Å². The number of hydrogen-bond acceptors (Lipinski definition) is 0. The van der Waals surface area contributed by atoms with E-state index in [4.69, 9.17) is 0 Å². The molecule has 6 rings (SSSR count). The van der Waals surface area contributed by atoms with Crippen molar-refractivity contribution in [2.24, 2.45) is 0 Å². The van der Waals surface area contributed by atoms with Crippen LogP contribution < -0.4 is 0 Å². The van der Waals surface area contributed by atoms with Gasteiger partial charge in [0.25, 0.3) is 0 Å². The highest BCUT2D eigenvalue weighted by molar-refractivity contribution is 6.16. The van der Waals surface area contributed by atoms with Crippen LogP contribution in [0.2, 0.25) is 0 Å². The molecular formula is C30H24. The first-order valence-electron chi connectivity index (χ1n) is 10.7. The summed E-state index contributed by atoms with van der Waals surface area (Å²) in [6.07, 6.45) is 0. The van der Waals surface area contributed by atoms with E-state index in [0.717, 1.165) is 0 Å². The number of benzene rings is 5. The van der Waals surface area contributed by atoms with Crippen LogP contribution in [-0.2, 0) is 5.41 Å². The first kappa shape index (κ1) is 17.5. The van der Waals surface area contributed by atoms with E-state index in [-0.39, 0.29) is 5.41 Å². The van der Waals surface area contributed by atoms with Crippen LogP contribution in [0.1, 0.15) is 30.5 Å². The van der Waals surface area contributed by atoms with Crippen LogP contribution in [-0.4, -0.2) is 0 Å². The Kier molecular flexibility index (Phi) is 3.53. The fraction of sp³-hybridized carbons (Fsp3) is 0.133. The van der Waals surface area contributed by atoms with Crippen LogP contribution >= 0.6 is 0 Å². The lowest BCUT2D eigenvalue weighted by molar-refractivity contribution is 0.661. The zero-order valence-electron chi connectivity index (χ0n) is 17.7. The molecule has 0 spiro atoms. The molecule has 0 saturated heterocycles. The Labute approximate surface area is 177 Å². The molecule has 5 aromatic rings. The SMILES string of the molecule is Cc1c2ccccc2c(-c2ccccc2)c2cc3c(cc12)-c1ccccc1C3(C)C. The predicted octanol–water partition coefficient (Wildman–Crippen LogP) is 8.27. The van der Waals surface area contributed by atoms with Gasteiger partial charge in [-0.1, -0.05) is 92.7 Å². The fourth-order valence-corrected chi connectivity index (χ4v) is 5.50. The van der Waals surface area contributed by atoms with Crippen LogP contribution in [0.3, 0.4) is 0 Å². The molecule has 0 atom stereocenters. The summed E-state index contributed by atoms with van der Waals surface area (Å²) in [6.45, 7) is 7.00. The number of rotatable bonds is 1. The maximum atomic E-state index is 2.48. The highest BCUT2D eigenvalue weighted by Gasteiger charge is 2.35. The van der Waals surface area contributed by atoms with Crippen LogP contribution in [0.15, 0.2) is 91.0 Å². The lowest BCUT2D eigenvalue weighted by Gasteiger charge is -2.23. The van der Waals surface area contributed by atoms with E-state index in [9.17, 15) is 0 Å². The molecule has 0 aliphatic heterocycles. The Morgan fingerprint density at radius 2 is 1.20 bits per heavy atom. The van der Waals surface area contributed by atoms with Crippen molar-refractivity contribution in [1.82, 2.24) is 0 Å². The monoisotopic (exact) mass is 384 g/mol. The summed E-state index contributed by atoms with van der Waals surface area (Å²) in [6, 6.07) is 33.5. The standard InChI is InChI=1S/C30H24/c1-19-21-13-7-8-15-23(21)29(20-11-5-4-6-12-20)26-18-28-25(17-24(19)26)22-14-9-10-16-27(22)30(28,2)3/h4-18H,1-3H3. The van der Waals surface area contributed by atoms with Crippen molar-refractivity contribution < 1.29 is 0 Å². The Morgan fingerprint density at radius 3 is 2.00 bits per heavy atom. The predicted molar refractivity (Wildman–Crippen MR) is 129 cm³/mol. The van der Waals surface area contributed by atoms with Crippen LogP contribution in [0, 0.1) is 6.92 Å². The summed E-state index contributed by atoms with van der Waals surface area (Å²) < 4.78 is 0. The molecule has 0 aromatic heterocycles. The molecule has 1 aliphatic carbocycles. The maximum Gasteiger partial charge on any atom is 0.0159 e.